The molecule has 1 unspecified atom stereocenters. The first-order valence-electron chi connectivity index (χ1n) is 4.18. The van der Waals surface area contributed by atoms with Crippen LogP contribution in [-0.4, -0.2) is 36.1 Å². The van der Waals surface area contributed by atoms with Crippen LogP contribution in [0.4, 0.5) is 0 Å². The lowest BCUT2D eigenvalue weighted by molar-refractivity contribution is 0.275. The van der Waals surface area contributed by atoms with Crippen molar-refractivity contribution in [3.63, 3.8) is 0 Å². The summed E-state index contributed by atoms with van der Waals surface area (Å²) in [6.07, 6.45) is 2.91. The average Bonchev–Trinajstić information content (AvgIpc) is 2.54. The van der Waals surface area contributed by atoms with Gasteiger partial charge in [-0.2, -0.15) is 0 Å². The number of aliphatic hydroxyl groups is 1. The van der Waals surface area contributed by atoms with E-state index in [1.54, 1.807) is 6.92 Å². The smallest absolute Gasteiger partial charge is 0.257 e. The van der Waals surface area contributed by atoms with Gasteiger partial charge in [-0.1, -0.05) is 0 Å². The Labute approximate surface area is 82.4 Å². The highest BCUT2D eigenvalue weighted by molar-refractivity contribution is 7.89. The maximum atomic E-state index is 11.5. The molecule has 0 saturated carbocycles. The van der Waals surface area contributed by atoms with Gasteiger partial charge in [-0.05, 0) is 13.3 Å². The number of rotatable bonds is 5. The molecule has 0 saturated heterocycles. The summed E-state index contributed by atoms with van der Waals surface area (Å²) in [6, 6.07) is -0.298. The number of nitrogens with zero attached hydrogens (tertiary/aromatic N) is 1. The second kappa shape index (κ2) is 4.54. The van der Waals surface area contributed by atoms with Crippen molar-refractivity contribution in [3.8, 4) is 0 Å². The van der Waals surface area contributed by atoms with Crippen molar-refractivity contribution in [1.29, 1.82) is 0 Å². The zero-order valence-electron chi connectivity index (χ0n) is 7.77. The molecule has 1 atom stereocenters. The molecule has 1 aromatic rings. The molecule has 0 bridgehead atoms. The molecule has 1 heterocycles. The van der Waals surface area contributed by atoms with Gasteiger partial charge in [-0.15, -0.1) is 0 Å². The molecule has 6 nitrogen and oxygen atoms in total. The van der Waals surface area contributed by atoms with Gasteiger partial charge in [0.25, 0.3) is 10.0 Å². The molecule has 0 radical (unpaired) electrons. The first kappa shape index (κ1) is 11.2. The quantitative estimate of drug-likeness (QED) is 0.619. The topological polar surface area (TPSA) is 95.1 Å². The summed E-state index contributed by atoms with van der Waals surface area (Å²) in [5, 5.41) is 8.64. The van der Waals surface area contributed by atoms with E-state index >= 15 is 0 Å². The van der Waals surface area contributed by atoms with Crippen LogP contribution in [-0.2, 0) is 10.0 Å². The summed E-state index contributed by atoms with van der Waals surface area (Å²) >= 11 is 0. The van der Waals surface area contributed by atoms with Gasteiger partial charge in [0, 0.05) is 12.6 Å². The summed E-state index contributed by atoms with van der Waals surface area (Å²) in [6.45, 7) is 1.64. The van der Waals surface area contributed by atoms with E-state index in [4.69, 9.17) is 5.11 Å². The molecule has 0 spiro atoms. The number of aromatic amines is 1. The first-order chi connectivity index (χ1) is 6.56. The van der Waals surface area contributed by atoms with Crippen LogP contribution < -0.4 is 4.72 Å². The average molecular weight is 219 g/mol. The molecule has 0 aliphatic heterocycles. The molecule has 1 aromatic heterocycles. The van der Waals surface area contributed by atoms with Crippen molar-refractivity contribution in [1.82, 2.24) is 14.7 Å². The fraction of sp³-hybridized carbons (Fsp3) is 0.571. The second-order valence-electron chi connectivity index (χ2n) is 2.95. The fourth-order valence-corrected chi connectivity index (χ4v) is 2.15. The van der Waals surface area contributed by atoms with Crippen LogP contribution in [0.3, 0.4) is 0 Å². The molecule has 0 aromatic carbocycles. The molecule has 0 amide bonds. The molecule has 14 heavy (non-hydrogen) atoms. The fourth-order valence-electron chi connectivity index (χ4n) is 0.971. The van der Waals surface area contributed by atoms with Crippen LogP contribution in [0.15, 0.2) is 17.6 Å². The molecular formula is C7H13N3O3S. The molecule has 1 rings (SSSR count). The van der Waals surface area contributed by atoms with E-state index in [1.165, 1.54) is 12.5 Å². The highest BCUT2D eigenvalue weighted by Gasteiger charge is 2.17. The van der Waals surface area contributed by atoms with Gasteiger partial charge in [0.2, 0.25) is 0 Å². The SMILES string of the molecule is CC(CCO)NS(=O)(=O)c1cnc[nH]1. The van der Waals surface area contributed by atoms with E-state index in [2.05, 4.69) is 14.7 Å². The zero-order valence-corrected chi connectivity index (χ0v) is 8.58. The van der Waals surface area contributed by atoms with Gasteiger partial charge in [0.05, 0.1) is 12.5 Å². The Bertz CT molecular complexity index is 360. The lowest BCUT2D eigenvalue weighted by atomic mass is 10.3. The van der Waals surface area contributed by atoms with E-state index in [-0.39, 0.29) is 17.7 Å². The van der Waals surface area contributed by atoms with Crippen LogP contribution >= 0.6 is 0 Å². The largest absolute Gasteiger partial charge is 0.396 e. The number of hydrogen-bond donors (Lipinski definition) is 3. The van der Waals surface area contributed by atoms with E-state index in [0.29, 0.717) is 6.42 Å². The third-order valence-electron chi connectivity index (χ3n) is 1.68. The Balaban J connectivity index is 2.68. The highest BCUT2D eigenvalue weighted by Crippen LogP contribution is 2.04. The number of aliphatic hydroxyl groups excluding tert-OH is 1. The van der Waals surface area contributed by atoms with Crippen molar-refractivity contribution in [2.45, 2.75) is 24.4 Å². The Hall–Kier alpha value is -0.920. The standard InChI is InChI=1S/C7H13N3O3S/c1-6(2-3-11)10-14(12,13)7-4-8-5-9-7/h4-6,10-11H,2-3H2,1H3,(H,8,9). The normalized spacial score (nSPS) is 14.1. The number of H-pyrrole nitrogens is 1. The van der Waals surface area contributed by atoms with Crippen LogP contribution in [0.2, 0.25) is 0 Å². The van der Waals surface area contributed by atoms with Crippen LogP contribution in [0.25, 0.3) is 0 Å². The van der Waals surface area contributed by atoms with Gasteiger partial charge < -0.3 is 10.1 Å². The Morgan fingerprint density at radius 3 is 2.93 bits per heavy atom. The predicted octanol–water partition coefficient (Wildman–Crippen LogP) is -0.541. The van der Waals surface area contributed by atoms with Gasteiger partial charge in [-0.3, -0.25) is 0 Å². The van der Waals surface area contributed by atoms with E-state index in [1.807, 2.05) is 0 Å². The van der Waals surface area contributed by atoms with Crippen LogP contribution in [0.5, 0.6) is 0 Å². The summed E-state index contributed by atoms with van der Waals surface area (Å²) in [5.41, 5.74) is 0. The van der Waals surface area contributed by atoms with Gasteiger partial charge >= 0.3 is 0 Å². The second-order valence-corrected chi connectivity index (χ2v) is 4.63. The summed E-state index contributed by atoms with van der Waals surface area (Å²) in [5.74, 6) is 0. The van der Waals surface area contributed by atoms with E-state index in [9.17, 15) is 8.42 Å². The van der Waals surface area contributed by atoms with Crippen molar-refractivity contribution in [2.75, 3.05) is 6.61 Å². The van der Waals surface area contributed by atoms with Gasteiger partial charge in [0.1, 0.15) is 0 Å². The predicted molar refractivity (Wildman–Crippen MR) is 50.1 cm³/mol. The molecule has 7 heteroatoms. The first-order valence-corrected chi connectivity index (χ1v) is 5.66. The van der Waals surface area contributed by atoms with Gasteiger partial charge in [0.15, 0.2) is 5.03 Å². The minimum atomic E-state index is -3.52. The molecule has 80 valence electrons. The Morgan fingerprint density at radius 2 is 2.43 bits per heavy atom. The summed E-state index contributed by atoms with van der Waals surface area (Å²) in [4.78, 5) is 6.12. The van der Waals surface area contributed by atoms with Crippen LogP contribution in [0, 0.1) is 0 Å². The monoisotopic (exact) mass is 219 g/mol. The minimum Gasteiger partial charge on any atom is -0.396 e. The van der Waals surface area contributed by atoms with Crippen molar-refractivity contribution >= 4 is 10.0 Å². The molecule has 3 N–H and O–H groups in total. The lowest BCUT2D eigenvalue weighted by Crippen LogP contribution is -2.33. The van der Waals surface area contributed by atoms with Crippen molar-refractivity contribution in [3.05, 3.63) is 12.5 Å². The molecule has 0 fully saturated rings. The summed E-state index contributed by atoms with van der Waals surface area (Å²) < 4.78 is 25.4. The minimum absolute atomic E-state index is 0.0299. The van der Waals surface area contributed by atoms with E-state index < -0.39 is 10.0 Å². The molecule has 0 aliphatic carbocycles. The highest BCUT2D eigenvalue weighted by atomic mass is 32.2. The zero-order chi connectivity index (χ0) is 10.6. The number of nitrogens with one attached hydrogen (secondary N) is 2. The maximum Gasteiger partial charge on any atom is 0.257 e. The maximum absolute atomic E-state index is 11.5. The number of hydrogen-bond acceptors (Lipinski definition) is 4. The number of imidazole rings is 1. The third-order valence-corrected chi connectivity index (χ3v) is 3.20. The summed E-state index contributed by atoms with van der Waals surface area (Å²) in [7, 11) is -3.52. The van der Waals surface area contributed by atoms with Crippen molar-refractivity contribution in [2.24, 2.45) is 0 Å². The van der Waals surface area contributed by atoms with Gasteiger partial charge in [-0.25, -0.2) is 18.1 Å². The molecular weight excluding hydrogens is 206 g/mol. The number of aromatic nitrogens is 2. The molecule has 0 aliphatic rings. The third kappa shape index (κ3) is 2.79. The number of sulfonamides is 1. The lowest BCUT2D eigenvalue weighted by Gasteiger charge is -2.11. The van der Waals surface area contributed by atoms with Crippen LogP contribution in [0.1, 0.15) is 13.3 Å². The Morgan fingerprint density at radius 1 is 1.71 bits per heavy atom. The van der Waals surface area contributed by atoms with Crippen molar-refractivity contribution < 1.29 is 13.5 Å². The Kier molecular flexibility index (Phi) is 3.62. The van der Waals surface area contributed by atoms with E-state index in [0.717, 1.165) is 0 Å².